The first-order chi connectivity index (χ1) is 20.9. The van der Waals surface area contributed by atoms with Crippen molar-refractivity contribution in [2.75, 3.05) is 32.5 Å². The number of nitrogens with one attached hydrogen (secondary N) is 1. The molecule has 1 N–H and O–H groups in total. The highest BCUT2D eigenvalue weighted by molar-refractivity contribution is 5.88. The lowest BCUT2D eigenvalue weighted by Gasteiger charge is -2.49. The van der Waals surface area contributed by atoms with E-state index in [1.165, 1.54) is 11.9 Å². The van der Waals surface area contributed by atoms with Crippen molar-refractivity contribution in [1.29, 1.82) is 0 Å². The average Bonchev–Trinajstić information content (AvgIpc) is 3.66. The van der Waals surface area contributed by atoms with Crippen molar-refractivity contribution >= 4 is 28.6 Å². The van der Waals surface area contributed by atoms with Gasteiger partial charge in [0, 0.05) is 49.4 Å². The summed E-state index contributed by atoms with van der Waals surface area (Å²) in [5, 5.41) is 12.2. The van der Waals surface area contributed by atoms with Gasteiger partial charge in [-0.25, -0.2) is 19.0 Å². The van der Waals surface area contributed by atoms with Crippen molar-refractivity contribution in [3.8, 4) is 11.5 Å². The lowest BCUT2D eigenvalue weighted by molar-refractivity contribution is -0.134. The molecule has 2 saturated heterocycles. The van der Waals surface area contributed by atoms with E-state index in [4.69, 9.17) is 4.74 Å². The molecule has 3 fully saturated rings. The number of benzene rings is 1. The Labute approximate surface area is 249 Å². The number of likely N-dealkylation sites (N-methyl/N-ethyl adjacent to an activating group) is 1. The van der Waals surface area contributed by atoms with Gasteiger partial charge < -0.3 is 19.9 Å². The minimum Gasteiger partial charge on any atom is -0.457 e. The second-order valence-corrected chi connectivity index (χ2v) is 11.8. The Morgan fingerprint density at radius 1 is 1.07 bits per heavy atom. The third-order valence-corrected chi connectivity index (χ3v) is 8.65. The molecule has 3 atom stereocenters. The normalized spacial score (nSPS) is 20.1. The van der Waals surface area contributed by atoms with Crippen molar-refractivity contribution in [2.45, 2.75) is 38.1 Å². The van der Waals surface area contributed by atoms with Gasteiger partial charge in [0.1, 0.15) is 29.7 Å². The molecular weight excluding hydrogens is 542 g/mol. The number of amides is 1. The largest absolute Gasteiger partial charge is 0.457 e. The number of ether oxygens (including phenoxy) is 1. The summed E-state index contributed by atoms with van der Waals surface area (Å²) in [4.78, 5) is 26.0. The molecule has 11 nitrogen and oxygen atoms in total. The van der Waals surface area contributed by atoms with E-state index >= 15 is 0 Å². The van der Waals surface area contributed by atoms with Gasteiger partial charge in [0.25, 0.3) is 0 Å². The van der Waals surface area contributed by atoms with Gasteiger partial charge in [0.2, 0.25) is 5.91 Å². The molecule has 0 unspecified atom stereocenters. The van der Waals surface area contributed by atoms with Crippen LogP contribution in [0.3, 0.4) is 0 Å². The Morgan fingerprint density at radius 3 is 2.72 bits per heavy atom. The van der Waals surface area contributed by atoms with Gasteiger partial charge in [0.05, 0.1) is 0 Å². The molecule has 220 valence electrons. The van der Waals surface area contributed by atoms with E-state index in [1.54, 1.807) is 16.9 Å². The molecule has 43 heavy (non-hydrogen) atoms. The fourth-order valence-electron chi connectivity index (χ4n) is 6.56. The molecule has 5 aromatic rings. The van der Waals surface area contributed by atoms with E-state index in [0.717, 1.165) is 66.3 Å². The number of nitrogens with zero attached hydrogens (tertiary/aromatic N) is 8. The van der Waals surface area contributed by atoms with E-state index < -0.39 is 0 Å². The third-order valence-electron chi connectivity index (χ3n) is 8.65. The molecule has 0 spiro atoms. The van der Waals surface area contributed by atoms with Crippen LogP contribution in [0.4, 0.5) is 11.5 Å². The zero-order chi connectivity index (χ0) is 29.5. The number of rotatable bonds is 8. The first-order valence-electron chi connectivity index (χ1n) is 14.7. The SMILES string of the molecule is Cc1cc(Nc2ncnn3ccc([C@H]4C[C@H]5CC[C@@H]4CN5C(=O)/C=C/CN(C)C)c23)ccc1Oc1ccn2ncnc2c1. The smallest absolute Gasteiger partial charge is 0.246 e. The molecule has 6 heterocycles. The predicted octanol–water partition coefficient (Wildman–Crippen LogP) is 4.83. The predicted molar refractivity (Wildman–Crippen MR) is 164 cm³/mol. The number of aryl methyl sites for hydroxylation is 1. The summed E-state index contributed by atoms with van der Waals surface area (Å²) in [6, 6.07) is 12.2. The van der Waals surface area contributed by atoms with Crippen molar-refractivity contribution in [1.82, 2.24) is 39.0 Å². The van der Waals surface area contributed by atoms with Crippen molar-refractivity contribution in [3.63, 3.8) is 0 Å². The first-order valence-corrected chi connectivity index (χ1v) is 14.7. The molecule has 0 radical (unpaired) electrons. The molecule has 1 aliphatic carbocycles. The van der Waals surface area contributed by atoms with Gasteiger partial charge in [-0.05, 0) is 93.6 Å². The van der Waals surface area contributed by atoms with E-state index in [2.05, 4.69) is 47.4 Å². The summed E-state index contributed by atoms with van der Waals surface area (Å²) in [7, 11) is 4.01. The summed E-state index contributed by atoms with van der Waals surface area (Å²) in [6.07, 6.45) is 13.8. The lowest BCUT2D eigenvalue weighted by atomic mass is 9.69. The van der Waals surface area contributed by atoms with Crippen molar-refractivity contribution in [2.24, 2.45) is 5.92 Å². The van der Waals surface area contributed by atoms with E-state index in [1.807, 2.05) is 68.3 Å². The Hall–Kier alpha value is -4.77. The van der Waals surface area contributed by atoms with Gasteiger partial charge in [-0.2, -0.15) is 10.2 Å². The molecule has 3 aliphatic rings. The number of anilines is 2. The van der Waals surface area contributed by atoms with Crippen LogP contribution in [-0.4, -0.2) is 78.1 Å². The molecule has 4 aromatic heterocycles. The topological polar surface area (TPSA) is 105 Å². The maximum Gasteiger partial charge on any atom is 0.246 e. The molecule has 2 aliphatic heterocycles. The minimum atomic E-state index is 0.129. The Morgan fingerprint density at radius 2 is 1.91 bits per heavy atom. The molecule has 8 rings (SSSR count). The number of aromatic nitrogens is 6. The van der Waals surface area contributed by atoms with Gasteiger partial charge in [0.15, 0.2) is 11.5 Å². The van der Waals surface area contributed by atoms with Crippen LogP contribution < -0.4 is 10.1 Å². The Kier molecular flexibility index (Phi) is 7.02. The zero-order valence-corrected chi connectivity index (χ0v) is 24.6. The van der Waals surface area contributed by atoms with Gasteiger partial charge >= 0.3 is 0 Å². The van der Waals surface area contributed by atoms with Crippen molar-refractivity contribution < 1.29 is 9.53 Å². The van der Waals surface area contributed by atoms with Crippen LogP contribution in [0.25, 0.3) is 11.2 Å². The molecule has 2 bridgehead atoms. The average molecular weight is 578 g/mol. The maximum absolute atomic E-state index is 13.0. The van der Waals surface area contributed by atoms with Crippen LogP contribution in [0.15, 0.2) is 73.6 Å². The van der Waals surface area contributed by atoms with Gasteiger partial charge in [-0.15, -0.1) is 0 Å². The molecule has 11 heteroatoms. The fourth-order valence-corrected chi connectivity index (χ4v) is 6.56. The third kappa shape index (κ3) is 5.32. The standard InChI is InChI=1S/C32H35N9O2/c1-21-15-23(7-9-28(21)43-25-10-13-40-29(17-25)33-19-35-40)37-32-31-26(11-14-41(31)36-20-34-32)27-16-24-8-6-22(27)18-39(24)30(42)5-4-12-38(2)3/h4-5,7,9-11,13-15,17,19-20,22,24,27H,6,8,12,16,18H2,1-3H3,(H,34,36,37)/b5-4+/t22-,24-,27+/m1/s1. The summed E-state index contributed by atoms with van der Waals surface area (Å²) in [5.41, 5.74) is 4.86. The van der Waals surface area contributed by atoms with Crippen LogP contribution in [0.2, 0.25) is 0 Å². The second kappa shape index (κ2) is 11.1. The second-order valence-electron chi connectivity index (χ2n) is 11.8. The summed E-state index contributed by atoms with van der Waals surface area (Å²) in [5.74, 6) is 3.12. The Bertz CT molecular complexity index is 1820. The van der Waals surface area contributed by atoms with Gasteiger partial charge in [-0.1, -0.05) is 6.08 Å². The van der Waals surface area contributed by atoms with Crippen LogP contribution in [0, 0.1) is 12.8 Å². The number of pyridine rings is 1. The van der Waals surface area contributed by atoms with Crippen molar-refractivity contribution in [3.05, 3.63) is 84.7 Å². The summed E-state index contributed by atoms with van der Waals surface area (Å²) < 4.78 is 9.77. The van der Waals surface area contributed by atoms with E-state index in [0.29, 0.717) is 17.6 Å². The van der Waals surface area contributed by atoms with E-state index in [9.17, 15) is 4.79 Å². The maximum atomic E-state index is 13.0. The highest BCUT2D eigenvalue weighted by Gasteiger charge is 2.43. The number of fused-ring (bicyclic) bond motifs is 5. The summed E-state index contributed by atoms with van der Waals surface area (Å²) >= 11 is 0. The van der Waals surface area contributed by atoms with Gasteiger partial charge in [-0.3, -0.25) is 4.79 Å². The molecule has 1 aromatic carbocycles. The Balaban J connectivity index is 1.10. The summed E-state index contributed by atoms with van der Waals surface area (Å²) in [6.45, 7) is 3.58. The van der Waals surface area contributed by atoms with Crippen LogP contribution in [0.1, 0.15) is 36.3 Å². The number of piperidine rings is 2. The lowest BCUT2D eigenvalue weighted by Crippen LogP contribution is -2.53. The molecular formula is C32H35N9O2. The quantitative estimate of drug-likeness (QED) is 0.262. The number of hydrogen-bond donors (Lipinski definition) is 1. The highest BCUT2D eigenvalue weighted by Crippen LogP contribution is 2.47. The van der Waals surface area contributed by atoms with Crippen LogP contribution >= 0.6 is 0 Å². The highest BCUT2D eigenvalue weighted by atomic mass is 16.5. The fraction of sp³-hybridized carbons (Fsp3) is 0.344. The number of hydrogen-bond acceptors (Lipinski definition) is 8. The van der Waals surface area contributed by atoms with Crippen LogP contribution in [-0.2, 0) is 4.79 Å². The zero-order valence-electron chi connectivity index (χ0n) is 24.6. The number of carbonyl (C=O) groups is 1. The first kappa shape index (κ1) is 27.1. The van der Waals surface area contributed by atoms with E-state index in [-0.39, 0.29) is 11.9 Å². The minimum absolute atomic E-state index is 0.129. The number of carbonyl (C=O) groups excluding carboxylic acids is 1. The monoisotopic (exact) mass is 577 g/mol. The van der Waals surface area contributed by atoms with Crippen LogP contribution in [0.5, 0.6) is 11.5 Å². The molecule has 1 amide bonds. The molecule has 1 saturated carbocycles.